The van der Waals surface area contributed by atoms with Gasteiger partial charge in [0.15, 0.2) is 12.4 Å². The van der Waals surface area contributed by atoms with E-state index >= 15 is 0 Å². The van der Waals surface area contributed by atoms with Gasteiger partial charge in [0.2, 0.25) is 0 Å². The van der Waals surface area contributed by atoms with Gasteiger partial charge in [-0.15, -0.1) is 9.24 Å². The summed E-state index contributed by atoms with van der Waals surface area (Å²) in [4.78, 5) is 38.1. The molecular formula is C35H37O6P. The van der Waals surface area contributed by atoms with E-state index in [0.717, 1.165) is 17.2 Å². The molecule has 0 radical (unpaired) electrons. The molecule has 0 aliphatic carbocycles. The van der Waals surface area contributed by atoms with Crippen LogP contribution in [0.1, 0.15) is 67.3 Å². The highest BCUT2D eigenvalue weighted by Gasteiger charge is 2.32. The predicted octanol–water partition coefficient (Wildman–Crippen LogP) is 7.67. The summed E-state index contributed by atoms with van der Waals surface area (Å²) < 4.78 is 16.9. The van der Waals surface area contributed by atoms with E-state index in [9.17, 15) is 14.4 Å². The van der Waals surface area contributed by atoms with Crippen molar-refractivity contribution in [3.8, 4) is 11.5 Å². The van der Waals surface area contributed by atoms with Crippen LogP contribution in [0.5, 0.6) is 11.5 Å². The van der Waals surface area contributed by atoms with Crippen molar-refractivity contribution < 1.29 is 28.6 Å². The number of hydrogen-bond donors (Lipinski definition) is 0. The quantitative estimate of drug-likeness (QED) is 0.0824. The largest absolute Gasteiger partial charge is 0.482 e. The van der Waals surface area contributed by atoms with Crippen LogP contribution in [0, 0.1) is 5.41 Å². The van der Waals surface area contributed by atoms with E-state index in [-0.39, 0.29) is 29.1 Å². The fourth-order valence-electron chi connectivity index (χ4n) is 4.39. The standard InChI is InChI=1S/C35H37O6P/c1-34(2,3)21-30(35(4,5)42)41-31(36)22-39-28-16-13-24(14-17-28)33(38)40-29-18-15-25-19-27(12-11-26(25)20-29)32(37)23-9-7-6-8-10-23/h6-20,30H,21-22,42H2,1-5H3. The van der Waals surface area contributed by atoms with Crippen LogP contribution in [0.25, 0.3) is 10.8 Å². The summed E-state index contributed by atoms with van der Waals surface area (Å²) in [7, 11) is 2.75. The van der Waals surface area contributed by atoms with Gasteiger partial charge in [-0.1, -0.05) is 83.1 Å². The first kappa shape index (κ1) is 30.9. The van der Waals surface area contributed by atoms with E-state index in [1.54, 1.807) is 54.6 Å². The molecule has 0 aromatic heterocycles. The third kappa shape index (κ3) is 8.50. The smallest absolute Gasteiger partial charge is 0.344 e. The summed E-state index contributed by atoms with van der Waals surface area (Å²) in [6.45, 7) is 10.1. The van der Waals surface area contributed by atoms with Crippen LogP contribution in [0.2, 0.25) is 0 Å². The Morgan fingerprint density at radius 1 is 0.714 bits per heavy atom. The molecule has 0 amide bonds. The van der Waals surface area contributed by atoms with E-state index in [2.05, 4.69) is 30.0 Å². The van der Waals surface area contributed by atoms with Gasteiger partial charge in [0.25, 0.3) is 0 Å². The molecule has 0 aliphatic rings. The molecule has 218 valence electrons. The number of carbonyl (C=O) groups is 3. The number of esters is 2. The van der Waals surface area contributed by atoms with Crippen molar-refractivity contribution >= 4 is 37.7 Å². The van der Waals surface area contributed by atoms with E-state index in [1.165, 1.54) is 0 Å². The highest BCUT2D eigenvalue weighted by Crippen LogP contribution is 2.33. The molecule has 0 bridgehead atoms. The molecule has 2 unspecified atom stereocenters. The second kappa shape index (κ2) is 12.9. The van der Waals surface area contributed by atoms with Gasteiger partial charge >= 0.3 is 11.9 Å². The molecule has 6 nitrogen and oxygen atoms in total. The van der Waals surface area contributed by atoms with E-state index < -0.39 is 11.9 Å². The second-order valence-corrected chi connectivity index (χ2v) is 13.7. The maximum atomic E-state index is 12.8. The summed E-state index contributed by atoms with van der Waals surface area (Å²) in [5, 5.41) is 1.43. The highest BCUT2D eigenvalue weighted by molar-refractivity contribution is 7.19. The molecule has 4 aromatic rings. The van der Waals surface area contributed by atoms with E-state index in [4.69, 9.17) is 14.2 Å². The van der Waals surface area contributed by atoms with Gasteiger partial charge in [-0.05, 0) is 65.1 Å². The Morgan fingerprint density at radius 3 is 1.95 bits per heavy atom. The number of ketones is 1. The molecule has 7 heteroatoms. The van der Waals surface area contributed by atoms with Gasteiger partial charge in [-0.3, -0.25) is 4.79 Å². The van der Waals surface area contributed by atoms with Crippen LogP contribution in [0.3, 0.4) is 0 Å². The summed E-state index contributed by atoms with van der Waals surface area (Å²) >= 11 is 0. The van der Waals surface area contributed by atoms with Crippen LogP contribution in [-0.2, 0) is 9.53 Å². The molecule has 2 atom stereocenters. The van der Waals surface area contributed by atoms with Gasteiger partial charge in [-0.25, -0.2) is 9.59 Å². The molecule has 0 saturated heterocycles. The number of hydrogen-bond acceptors (Lipinski definition) is 6. The summed E-state index contributed by atoms with van der Waals surface area (Å²) in [5.74, 6) is -0.196. The Kier molecular flexibility index (Phi) is 9.48. The molecule has 42 heavy (non-hydrogen) atoms. The molecular weight excluding hydrogens is 547 g/mol. The van der Waals surface area contributed by atoms with E-state index in [1.807, 2.05) is 50.2 Å². The number of benzene rings is 4. The van der Waals surface area contributed by atoms with E-state index in [0.29, 0.717) is 28.2 Å². The zero-order chi connectivity index (χ0) is 30.5. The third-order valence-electron chi connectivity index (χ3n) is 6.67. The average molecular weight is 585 g/mol. The van der Waals surface area contributed by atoms with Gasteiger partial charge in [0.05, 0.1) is 5.56 Å². The highest BCUT2D eigenvalue weighted by atomic mass is 31.0. The summed E-state index contributed by atoms with van der Waals surface area (Å²) in [5.41, 5.74) is 1.56. The van der Waals surface area contributed by atoms with Crippen molar-refractivity contribution in [2.75, 3.05) is 6.61 Å². The molecule has 0 N–H and O–H groups in total. The number of rotatable bonds is 10. The molecule has 4 aromatic carbocycles. The minimum atomic E-state index is -0.524. The first-order valence-electron chi connectivity index (χ1n) is 13.9. The van der Waals surface area contributed by atoms with Crippen LogP contribution < -0.4 is 9.47 Å². The van der Waals surface area contributed by atoms with Gasteiger partial charge in [0, 0.05) is 16.3 Å². The zero-order valence-electron chi connectivity index (χ0n) is 24.7. The fraction of sp³-hybridized carbons (Fsp3) is 0.286. The Balaban J connectivity index is 1.34. The monoisotopic (exact) mass is 584 g/mol. The Labute approximate surface area is 249 Å². The molecule has 0 spiro atoms. The predicted molar refractivity (Wildman–Crippen MR) is 168 cm³/mol. The van der Waals surface area contributed by atoms with Crippen LogP contribution in [0.4, 0.5) is 0 Å². The minimum Gasteiger partial charge on any atom is -0.482 e. The maximum Gasteiger partial charge on any atom is 0.344 e. The van der Waals surface area contributed by atoms with Crippen LogP contribution in [-0.4, -0.2) is 35.6 Å². The lowest BCUT2D eigenvalue weighted by Gasteiger charge is -2.34. The first-order valence-corrected chi connectivity index (χ1v) is 14.4. The normalized spacial score (nSPS) is 12.4. The van der Waals surface area contributed by atoms with Crippen molar-refractivity contribution in [3.05, 3.63) is 108 Å². The Hall–Kier alpha value is -4.02. The topological polar surface area (TPSA) is 78.9 Å². The first-order chi connectivity index (χ1) is 19.8. The Morgan fingerprint density at radius 2 is 1.31 bits per heavy atom. The van der Waals surface area contributed by atoms with Crippen molar-refractivity contribution in [2.24, 2.45) is 5.41 Å². The van der Waals surface area contributed by atoms with Crippen molar-refractivity contribution in [3.63, 3.8) is 0 Å². The lowest BCUT2D eigenvalue weighted by Crippen LogP contribution is -2.38. The molecule has 0 aliphatic heterocycles. The van der Waals surface area contributed by atoms with Gasteiger partial charge < -0.3 is 14.2 Å². The van der Waals surface area contributed by atoms with Crippen molar-refractivity contribution in [1.29, 1.82) is 0 Å². The lowest BCUT2D eigenvalue weighted by molar-refractivity contribution is -0.154. The summed E-state index contributed by atoms with van der Waals surface area (Å²) in [6.07, 6.45) is 0.447. The summed E-state index contributed by atoms with van der Waals surface area (Å²) in [6, 6.07) is 26.2. The van der Waals surface area contributed by atoms with Crippen LogP contribution in [0.15, 0.2) is 91.0 Å². The second-order valence-electron chi connectivity index (χ2n) is 12.2. The average Bonchev–Trinajstić information content (AvgIpc) is 2.94. The molecule has 0 fully saturated rings. The maximum absolute atomic E-state index is 12.8. The molecule has 0 heterocycles. The minimum absolute atomic E-state index is 0.00340. The lowest BCUT2D eigenvalue weighted by atomic mass is 9.85. The zero-order valence-corrected chi connectivity index (χ0v) is 25.8. The molecule has 0 saturated carbocycles. The Bertz CT molecular complexity index is 1560. The van der Waals surface area contributed by atoms with Gasteiger partial charge in [-0.2, -0.15) is 0 Å². The van der Waals surface area contributed by atoms with Gasteiger partial charge in [0.1, 0.15) is 17.6 Å². The van der Waals surface area contributed by atoms with Crippen molar-refractivity contribution in [2.45, 2.75) is 52.3 Å². The number of fused-ring (bicyclic) bond motifs is 1. The number of carbonyl (C=O) groups excluding carboxylic acids is 3. The number of ether oxygens (including phenoxy) is 3. The SMILES string of the molecule is CC(C)(C)CC(OC(=O)COc1ccc(C(=O)Oc2ccc3cc(C(=O)c4ccccc4)ccc3c2)cc1)C(C)(C)P. The fourth-order valence-corrected chi connectivity index (χ4v) is 4.57. The van der Waals surface area contributed by atoms with Crippen molar-refractivity contribution in [1.82, 2.24) is 0 Å². The third-order valence-corrected chi connectivity index (χ3v) is 7.04. The van der Waals surface area contributed by atoms with Crippen LogP contribution >= 0.6 is 9.24 Å². The molecule has 4 rings (SSSR count).